The van der Waals surface area contributed by atoms with E-state index in [1.807, 2.05) is 72.9 Å². The molecule has 0 saturated heterocycles. The number of fused-ring (bicyclic) bond motifs is 9. The molecule has 6 nitrogen and oxygen atoms in total. The van der Waals surface area contributed by atoms with E-state index in [0.717, 1.165) is 115 Å². The van der Waals surface area contributed by atoms with Crippen molar-refractivity contribution in [1.29, 1.82) is 5.26 Å². The largest absolute Gasteiger partial charge is 0.456 e. The lowest BCUT2D eigenvalue weighted by molar-refractivity contribution is 0.669. The molecule has 0 aliphatic heterocycles. The van der Waals surface area contributed by atoms with Crippen LogP contribution >= 0.6 is 0 Å². The third kappa shape index (κ3) is 5.04. The summed E-state index contributed by atoms with van der Waals surface area (Å²) in [6.07, 6.45) is 1.88. The topological polar surface area (TPSA) is 64.0 Å². The minimum absolute atomic E-state index is 0.396. The van der Waals surface area contributed by atoms with Gasteiger partial charge in [0.2, 0.25) is 5.69 Å². The number of furan rings is 1. The molecular formula is C61H33N5O. The fourth-order valence-electron chi connectivity index (χ4n) is 11.1. The molecule has 14 aromatic rings. The summed E-state index contributed by atoms with van der Waals surface area (Å²) in [6, 6.07) is 69.5. The number of nitrogens with zero attached hydrogens (tertiary/aromatic N) is 5. The number of rotatable bonds is 5. The summed E-state index contributed by atoms with van der Waals surface area (Å²) in [5.41, 5.74) is 13.8. The van der Waals surface area contributed by atoms with Crippen molar-refractivity contribution in [1.82, 2.24) is 14.1 Å². The van der Waals surface area contributed by atoms with E-state index in [2.05, 4.69) is 147 Å². The second-order valence-electron chi connectivity index (χ2n) is 17.1. The highest BCUT2D eigenvalue weighted by Crippen LogP contribution is 2.53. The molecule has 0 aliphatic carbocycles. The van der Waals surface area contributed by atoms with Gasteiger partial charge >= 0.3 is 0 Å². The number of para-hydroxylation sites is 2. The minimum Gasteiger partial charge on any atom is -0.456 e. The van der Waals surface area contributed by atoms with Gasteiger partial charge in [0.15, 0.2) is 0 Å². The first-order valence-corrected chi connectivity index (χ1v) is 22.3. The summed E-state index contributed by atoms with van der Waals surface area (Å²) in [5, 5.41) is 21.5. The standard InChI is InChI=1S/C61H33N5O/c1-63-59-53(36-16-4-2-5-17-36)46(35-62)60(65-47-26-12-10-21-41(47)45-34-38(30-31-48(45)65)39-24-15-29-52-55(39)44-23-11-13-28-51(44)67-52)54(37-18-6-3-7-19-37)61(59)66-49-27-14-25-42-40-20-8-9-22-43(40)58-57(56(42)49)50(66)32-33-64-58/h2-34H. The van der Waals surface area contributed by atoms with Crippen molar-refractivity contribution in [3.8, 4) is 50.8 Å². The van der Waals surface area contributed by atoms with Gasteiger partial charge in [0.1, 0.15) is 17.2 Å². The highest BCUT2D eigenvalue weighted by molar-refractivity contribution is 6.34. The summed E-state index contributed by atoms with van der Waals surface area (Å²) >= 11 is 0. The second-order valence-corrected chi connectivity index (χ2v) is 17.1. The first-order valence-electron chi connectivity index (χ1n) is 22.3. The molecule has 0 fully saturated rings. The van der Waals surface area contributed by atoms with Crippen LogP contribution in [0.15, 0.2) is 205 Å². The minimum atomic E-state index is 0.396. The number of nitriles is 1. The van der Waals surface area contributed by atoms with E-state index in [0.29, 0.717) is 28.2 Å². The molecule has 6 heteroatoms. The third-order valence-corrected chi connectivity index (χ3v) is 13.8. The van der Waals surface area contributed by atoms with E-state index >= 15 is 0 Å². The molecule has 0 saturated carbocycles. The Balaban J connectivity index is 1.18. The molecule has 308 valence electrons. The van der Waals surface area contributed by atoms with Crippen LogP contribution in [0.2, 0.25) is 0 Å². The summed E-state index contributed by atoms with van der Waals surface area (Å²) in [5.74, 6) is 0. The van der Waals surface area contributed by atoms with Crippen LogP contribution in [0.5, 0.6) is 0 Å². The van der Waals surface area contributed by atoms with Crippen molar-refractivity contribution in [2.75, 3.05) is 0 Å². The van der Waals surface area contributed by atoms with E-state index in [9.17, 15) is 11.8 Å². The van der Waals surface area contributed by atoms with Crippen LogP contribution < -0.4 is 0 Å². The van der Waals surface area contributed by atoms with Gasteiger partial charge in [0.05, 0.1) is 51.1 Å². The normalized spacial score (nSPS) is 11.9. The zero-order valence-corrected chi connectivity index (χ0v) is 35.7. The Hall–Kier alpha value is -9.49. The fraction of sp³-hybridized carbons (Fsp3) is 0. The van der Waals surface area contributed by atoms with E-state index in [1.54, 1.807) is 0 Å². The first kappa shape index (κ1) is 36.9. The molecule has 10 aromatic carbocycles. The van der Waals surface area contributed by atoms with Crippen molar-refractivity contribution in [2.45, 2.75) is 0 Å². The average molecular weight is 852 g/mol. The summed E-state index contributed by atoms with van der Waals surface area (Å²) in [6.45, 7) is 9.21. The lowest BCUT2D eigenvalue weighted by Gasteiger charge is -2.25. The Morgan fingerprint density at radius 3 is 1.87 bits per heavy atom. The lowest BCUT2D eigenvalue weighted by atomic mass is 9.88. The molecular weight excluding hydrogens is 819 g/mol. The molecule has 0 unspecified atom stereocenters. The predicted molar refractivity (Wildman–Crippen MR) is 274 cm³/mol. The average Bonchev–Trinajstić information content (AvgIpc) is 4.06. The molecule has 0 bridgehead atoms. The Morgan fingerprint density at radius 2 is 1.07 bits per heavy atom. The Labute approximate surface area is 383 Å². The van der Waals surface area contributed by atoms with Crippen LogP contribution in [0.3, 0.4) is 0 Å². The van der Waals surface area contributed by atoms with Crippen molar-refractivity contribution < 1.29 is 4.42 Å². The number of pyridine rings is 1. The summed E-state index contributed by atoms with van der Waals surface area (Å²) < 4.78 is 10.9. The van der Waals surface area contributed by atoms with Gasteiger partial charge in [-0.2, -0.15) is 5.26 Å². The fourth-order valence-corrected chi connectivity index (χ4v) is 11.1. The summed E-state index contributed by atoms with van der Waals surface area (Å²) in [7, 11) is 0. The third-order valence-electron chi connectivity index (χ3n) is 13.8. The highest BCUT2D eigenvalue weighted by Gasteiger charge is 2.32. The van der Waals surface area contributed by atoms with E-state index in [4.69, 9.17) is 9.40 Å². The monoisotopic (exact) mass is 851 g/mol. The number of hydrogen-bond acceptors (Lipinski definition) is 3. The quantitative estimate of drug-likeness (QED) is 0.128. The Bertz CT molecular complexity index is 4380. The van der Waals surface area contributed by atoms with Crippen molar-refractivity contribution in [3.05, 3.63) is 217 Å². The maximum atomic E-state index is 11.8. The van der Waals surface area contributed by atoms with Crippen LogP contribution in [0.4, 0.5) is 5.69 Å². The maximum Gasteiger partial charge on any atom is 0.220 e. The van der Waals surface area contributed by atoms with Gasteiger partial charge in [-0.1, -0.05) is 152 Å². The molecule has 0 amide bonds. The number of benzene rings is 10. The second kappa shape index (κ2) is 14.0. The number of hydrogen-bond donors (Lipinski definition) is 0. The van der Waals surface area contributed by atoms with Gasteiger partial charge < -0.3 is 13.6 Å². The summed E-state index contributed by atoms with van der Waals surface area (Å²) in [4.78, 5) is 9.53. The molecule has 14 rings (SSSR count). The zero-order chi connectivity index (χ0) is 44.3. The molecule has 4 aromatic heterocycles. The predicted octanol–water partition coefficient (Wildman–Crippen LogP) is 16.3. The van der Waals surface area contributed by atoms with Crippen LogP contribution in [0, 0.1) is 17.9 Å². The molecule has 0 aliphatic rings. The van der Waals surface area contributed by atoms with Gasteiger partial charge in [-0.25, -0.2) is 4.85 Å². The molecule has 0 radical (unpaired) electrons. The zero-order valence-electron chi connectivity index (χ0n) is 35.7. The molecule has 67 heavy (non-hydrogen) atoms. The van der Waals surface area contributed by atoms with Crippen LogP contribution in [-0.4, -0.2) is 14.1 Å². The van der Waals surface area contributed by atoms with E-state index < -0.39 is 0 Å². The van der Waals surface area contributed by atoms with Crippen molar-refractivity contribution in [2.24, 2.45) is 0 Å². The number of aromatic nitrogens is 3. The van der Waals surface area contributed by atoms with E-state index in [1.165, 1.54) is 0 Å². The van der Waals surface area contributed by atoms with Crippen molar-refractivity contribution in [3.63, 3.8) is 0 Å². The van der Waals surface area contributed by atoms with Crippen LogP contribution in [-0.2, 0) is 0 Å². The van der Waals surface area contributed by atoms with Gasteiger partial charge in [0.25, 0.3) is 0 Å². The molecule has 0 atom stereocenters. The smallest absolute Gasteiger partial charge is 0.220 e. The Morgan fingerprint density at radius 1 is 0.463 bits per heavy atom. The van der Waals surface area contributed by atoms with E-state index in [-0.39, 0.29) is 0 Å². The highest BCUT2D eigenvalue weighted by atomic mass is 16.3. The maximum absolute atomic E-state index is 11.8. The van der Waals surface area contributed by atoms with Gasteiger partial charge in [-0.15, -0.1) is 0 Å². The molecule has 4 heterocycles. The lowest BCUT2D eigenvalue weighted by Crippen LogP contribution is -2.08. The SMILES string of the molecule is [C-]#[N+]c1c(-c2ccccc2)c(C#N)c(-n2c3ccccc3c3cc(-c4cccc5oc6ccccc6c45)ccc32)c(-c2ccccc2)c1-n1c2cccc3c4ccccc4c4nccc1c4c32. The van der Waals surface area contributed by atoms with Gasteiger partial charge in [-0.05, 0) is 75.5 Å². The van der Waals surface area contributed by atoms with Crippen molar-refractivity contribution >= 4 is 92.9 Å². The van der Waals surface area contributed by atoms with Gasteiger partial charge in [0, 0.05) is 55.0 Å². The molecule has 0 spiro atoms. The van der Waals surface area contributed by atoms with Crippen LogP contribution in [0.25, 0.3) is 137 Å². The molecule has 0 N–H and O–H groups in total. The Kier molecular flexibility index (Phi) is 7.72. The van der Waals surface area contributed by atoms with Gasteiger partial charge in [-0.3, -0.25) is 4.98 Å². The van der Waals surface area contributed by atoms with Crippen LogP contribution in [0.1, 0.15) is 5.56 Å². The first-order chi connectivity index (χ1) is 33.2.